The standard InChI is InChI=1S/C13H15ClN2O/c1-2-9-15-11-6-3-4-7-12(11)16(13(15)17)10-5-8-14/h2-4,6-7H,1,5,8-10H2. The average Bonchev–Trinajstić information content (AvgIpc) is 2.61. The van der Waals surface area contributed by atoms with Gasteiger partial charge in [0.2, 0.25) is 0 Å². The van der Waals surface area contributed by atoms with Gasteiger partial charge in [0.1, 0.15) is 0 Å². The molecule has 0 bridgehead atoms. The van der Waals surface area contributed by atoms with Gasteiger partial charge in [-0.15, -0.1) is 18.2 Å². The van der Waals surface area contributed by atoms with Gasteiger partial charge in [-0.1, -0.05) is 18.2 Å². The maximum Gasteiger partial charge on any atom is 0.329 e. The zero-order valence-electron chi connectivity index (χ0n) is 9.60. The van der Waals surface area contributed by atoms with Crippen LogP contribution in [-0.4, -0.2) is 15.0 Å². The summed E-state index contributed by atoms with van der Waals surface area (Å²) in [5.41, 5.74) is 1.92. The third-order valence-electron chi connectivity index (χ3n) is 2.75. The summed E-state index contributed by atoms with van der Waals surface area (Å²) in [6.45, 7) is 4.88. The lowest BCUT2D eigenvalue weighted by Crippen LogP contribution is -2.24. The van der Waals surface area contributed by atoms with Crippen molar-refractivity contribution in [2.24, 2.45) is 0 Å². The molecule has 0 radical (unpaired) electrons. The van der Waals surface area contributed by atoms with Gasteiger partial charge in [-0.05, 0) is 18.6 Å². The van der Waals surface area contributed by atoms with E-state index in [4.69, 9.17) is 11.6 Å². The van der Waals surface area contributed by atoms with Crippen molar-refractivity contribution in [3.63, 3.8) is 0 Å². The molecule has 4 heteroatoms. The number of aryl methyl sites for hydroxylation is 1. The molecule has 0 unspecified atom stereocenters. The molecule has 17 heavy (non-hydrogen) atoms. The molecule has 0 amide bonds. The number of allylic oxidation sites excluding steroid dienone is 1. The first-order valence-corrected chi connectivity index (χ1v) is 6.18. The Hall–Kier alpha value is -1.48. The van der Waals surface area contributed by atoms with Gasteiger partial charge in [0.15, 0.2) is 0 Å². The molecule has 1 aromatic carbocycles. The van der Waals surface area contributed by atoms with Crippen molar-refractivity contribution in [1.29, 1.82) is 0 Å². The van der Waals surface area contributed by atoms with Crippen molar-refractivity contribution in [1.82, 2.24) is 9.13 Å². The fraction of sp³-hybridized carbons (Fsp3) is 0.308. The van der Waals surface area contributed by atoms with Crippen LogP contribution in [0.1, 0.15) is 6.42 Å². The molecule has 0 fully saturated rings. The number of nitrogens with zero attached hydrogens (tertiary/aromatic N) is 2. The fourth-order valence-electron chi connectivity index (χ4n) is 2.01. The van der Waals surface area contributed by atoms with E-state index in [0.29, 0.717) is 19.0 Å². The predicted octanol–water partition coefficient (Wildman–Crippen LogP) is 2.62. The van der Waals surface area contributed by atoms with E-state index < -0.39 is 0 Å². The normalized spacial score (nSPS) is 10.9. The van der Waals surface area contributed by atoms with Gasteiger partial charge in [0, 0.05) is 19.0 Å². The SMILES string of the molecule is C=CCn1c(=O)n(CCCCl)c2ccccc21. The third-order valence-corrected chi connectivity index (χ3v) is 3.02. The minimum absolute atomic E-state index is 0.0104. The lowest BCUT2D eigenvalue weighted by molar-refractivity contribution is 0.644. The molecule has 0 aliphatic carbocycles. The van der Waals surface area contributed by atoms with Crippen molar-refractivity contribution in [2.45, 2.75) is 19.5 Å². The Bertz CT molecular complexity index is 583. The van der Waals surface area contributed by atoms with E-state index in [1.807, 2.05) is 24.3 Å². The molecule has 1 heterocycles. The first kappa shape index (κ1) is 12.0. The van der Waals surface area contributed by atoms with E-state index in [-0.39, 0.29) is 5.69 Å². The Morgan fingerprint density at radius 1 is 1.24 bits per heavy atom. The molecule has 0 aliphatic rings. The van der Waals surface area contributed by atoms with Crippen molar-refractivity contribution < 1.29 is 0 Å². The van der Waals surface area contributed by atoms with Crippen LogP contribution in [0.4, 0.5) is 0 Å². The summed E-state index contributed by atoms with van der Waals surface area (Å²) < 4.78 is 3.51. The highest BCUT2D eigenvalue weighted by molar-refractivity contribution is 6.17. The zero-order valence-corrected chi connectivity index (χ0v) is 10.4. The minimum atomic E-state index is 0.0104. The molecular weight excluding hydrogens is 236 g/mol. The molecule has 90 valence electrons. The number of para-hydroxylation sites is 2. The maximum absolute atomic E-state index is 12.2. The average molecular weight is 251 g/mol. The molecular formula is C13H15ClN2O. The summed E-state index contributed by atoms with van der Waals surface area (Å²) in [5, 5.41) is 0. The van der Waals surface area contributed by atoms with E-state index in [1.54, 1.807) is 15.2 Å². The molecule has 0 saturated heterocycles. The number of alkyl halides is 1. The van der Waals surface area contributed by atoms with Crippen molar-refractivity contribution >= 4 is 22.6 Å². The predicted molar refractivity (Wildman–Crippen MR) is 71.7 cm³/mol. The Morgan fingerprint density at radius 2 is 1.88 bits per heavy atom. The molecule has 3 nitrogen and oxygen atoms in total. The molecule has 2 aromatic rings. The maximum atomic E-state index is 12.2. The smallest absolute Gasteiger partial charge is 0.292 e. The topological polar surface area (TPSA) is 26.9 Å². The molecule has 0 saturated carbocycles. The molecule has 0 N–H and O–H groups in total. The second-order valence-electron chi connectivity index (χ2n) is 3.86. The second kappa shape index (κ2) is 5.23. The largest absolute Gasteiger partial charge is 0.329 e. The van der Waals surface area contributed by atoms with Crippen molar-refractivity contribution in [3.8, 4) is 0 Å². The van der Waals surface area contributed by atoms with Crippen LogP contribution in [0.15, 0.2) is 41.7 Å². The number of benzene rings is 1. The third kappa shape index (κ3) is 2.15. The van der Waals surface area contributed by atoms with Crippen LogP contribution in [0.3, 0.4) is 0 Å². The van der Waals surface area contributed by atoms with Crippen LogP contribution in [0, 0.1) is 0 Å². The van der Waals surface area contributed by atoms with Gasteiger partial charge in [0.25, 0.3) is 0 Å². The fourth-order valence-corrected chi connectivity index (χ4v) is 2.13. The zero-order chi connectivity index (χ0) is 12.3. The first-order valence-electron chi connectivity index (χ1n) is 5.64. The molecule has 0 spiro atoms. The molecule has 0 atom stereocenters. The highest BCUT2D eigenvalue weighted by Crippen LogP contribution is 2.13. The number of imidazole rings is 1. The van der Waals surface area contributed by atoms with Crippen LogP contribution >= 0.6 is 11.6 Å². The van der Waals surface area contributed by atoms with Crippen molar-refractivity contribution in [2.75, 3.05) is 5.88 Å². The van der Waals surface area contributed by atoms with Crippen LogP contribution in [0.5, 0.6) is 0 Å². The summed E-state index contributed by atoms with van der Waals surface area (Å²) in [5.74, 6) is 0.563. The lowest BCUT2D eigenvalue weighted by atomic mass is 10.3. The summed E-state index contributed by atoms with van der Waals surface area (Å²) >= 11 is 5.68. The quantitative estimate of drug-likeness (QED) is 0.592. The number of fused-ring (bicyclic) bond motifs is 1. The first-order chi connectivity index (χ1) is 8.29. The Kier molecular flexibility index (Phi) is 3.69. The van der Waals surface area contributed by atoms with E-state index in [2.05, 4.69) is 6.58 Å². The van der Waals surface area contributed by atoms with Crippen LogP contribution in [0.25, 0.3) is 11.0 Å². The second-order valence-corrected chi connectivity index (χ2v) is 4.24. The number of aromatic nitrogens is 2. The van der Waals surface area contributed by atoms with Crippen LogP contribution in [-0.2, 0) is 13.1 Å². The number of halogens is 1. The molecule has 0 aliphatic heterocycles. The highest BCUT2D eigenvalue weighted by atomic mass is 35.5. The lowest BCUT2D eigenvalue weighted by Gasteiger charge is -1.99. The number of hydrogen-bond acceptors (Lipinski definition) is 1. The van der Waals surface area contributed by atoms with Crippen LogP contribution in [0.2, 0.25) is 0 Å². The summed E-state index contributed by atoms with van der Waals surface area (Å²) in [4.78, 5) is 12.2. The van der Waals surface area contributed by atoms with Crippen LogP contribution < -0.4 is 5.69 Å². The van der Waals surface area contributed by atoms with E-state index in [0.717, 1.165) is 17.5 Å². The Morgan fingerprint density at radius 3 is 2.47 bits per heavy atom. The minimum Gasteiger partial charge on any atom is -0.292 e. The monoisotopic (exact) mass is 250 g/mol. The van der Waals surface area contributed by atoms with Gasteiger partial charge < -0.3 is 0 Å². The van der Waals surface area contributed by atoms with Crippen molar-refractivity contribution in [3.05, 3.63) is 47.4 Å². The van der Waals surface area contributed by atoms with E-state index in [1.165, 1.54) is 0 Å². The molecule has 1 aromatic heterocycles. The summed E-state index contributed by atoms with van der Waals surface area (Å²) in [6, 6.07) is 7.80. The van der Waals surface area contributed by atoms with E-state index >= 15 is 0 Å². The Labute approximate surface area is 105 Å². The van der Waals surface area contributed by atoms with E-state index in [9.17, 15) is 4.79 Å². The summed E-state index contributed by atoms with van der Waals surface area (Å²) in [6.07, 6.45) is 2.53. The number of hydrogen-bond donors (Lipinski definition) is 0. The van der Waals surface area contributed by atoms with Gasteiger partial charge in [-0.2, -0.15) is 0 Å². The number of rotatable bonds is 5. The summed E-state index contributed by atoms with van der Waals surface area (Å²) in [7, 11) is 0. The van der Waals surface area contributed by atoms with Gasteiger partial charge in [0.05, 0.1) is 11.0 Å². The van der Waals surface area contributed by atoms with Gasteiger partial charge in [-0.3, -0.25) is 9.13 Å². The Balaban J connectivity index is 2.61. The molecule has 2 rings (SSSR count). The van der Waals surface area contributed by atoms with Gasteiger partial charge >= 0.3 is 5.69 Å². The van der Waals surface area contributed by atoms with Gasteiger partial charge in [-0.25, -0.2) is 4.79 Å². The highest BCUT2D eigenvalue weighted by Gasteiger charge is 2.10.